The van der Waals surface area contributed by atoms with E-state index in [9.17, 15) is 5.11 Å². The molecule has 0 radical (unpaired) electrons. The first-order chi connectivity index (χ1) is 11.8. The molecule has 1 aliphatic heterocycles. The van der Waals surface area contributed by atoms with Crippen molar-refractivity contribution in [2.24, 2.45) is 0 Å². The third-order valence-electron chi connectivity index (χ3n) is 4.49. The molecule has 3 aromatic rings. The normalized spacial score (nSPS) is 17.6. The van der Waals surface area contributed by atoms with Gasteiger partial charge in [-0.25, -0.2) is 4.98 Å². The van der Waals surface area contributed by atoms with Crippen molar-refractivity contribution in [3.05, 3.63) is 70.9 Å². The highest BCUT2D eigenvalue weighted by molar-refractivity contribution is 7.14. The van der Waals surface area contributed by atoms with E-state index in [4.69, 9.17) is 0 Å². The van der Waals surface area contributed by atoms with Crippen molar-refractivity contribution in [3.8, 4) is 10.7 Å². The third kappa shape index (κ3) is 2.98. The minimum atomic E-state index is 0.0651. The first kappa shape index (κ1) is 15.4. The van der Waals surface area contributed by atoms with E-state index in [0.717, 1.165) is 30.2 Å². The molecule has 0 spiro atoms. The van der Waals surface area contributed by atoms with Crippen LogP contribution in [0.2, 0.25) is 0 Å². The number of hydrogen-bond donors (Lipinski definition) is 1. The summed E-state index contributed by atoms with van der Waals surface area (Å²) in [5.74, 6) is 0. The van der Waals surface area contributed by atoms with E-state index >= 15 is 0 Å². The van der Waals surface area contributed by atoms with Crippen LogP contribution in [0, 0.1) is 0 Å². The molecule has 0 bridgehead atoms. The number of aromatic nitrogens is 2. The summed E-state index contributed by atoms with van der Waals surface area (Å²) in [6, 6.07) is 14.4. The highest BCUT2D eigenvalue weighted by Crippen LogP contribution is 2.32. The van der Waals surface area contributed by atoms with Gasteiger partial charge in [-0.2, -0.15) is 0 Å². The molecule has 1 unspecified atom stereocenters. The maximum Gasteiger partial charge on any atom is 0.142 e. The molecule has 0 amide bonds. The van der Waals surface area contributed by atoms with Gasteiger partial charge in [0.25, 0.3) is 0 Å². The molecule has 1 N–H and O–H groups in total. The molecule has 0 fully saturated rings. The number of aliphatic hydroxyl groups excluding tert-OH is 1. The predicted molar refractivity (Wildman–Crippen MR) is 95.7 cm³/mol. The van der Waals surface area contributed by atoms with Crippen LogP contribution in [0.3, 0.4) is 0 Å². The Labute approximate surface area is 145 Å². The van der Waals surface area contributed by atoms with Crippen LogP contribution in [0.1, 0.15) is 22.0 Å². The van der Waals surface area contributed by atoms with Crippen molar-refractivity contribution in [1.82, 2.24) is 14.9 Å². The van der Waals surface area contributed by atoms with Crippen LogP contribution in [-0.2, 0) is 13.0 Å². The minimum absolute atomic E-state index is 0.0651. The summed E-state index contributed by atoms with van der Waals surface area (Å²) in [5, 5.41) is 10.9. The Morgan fingerprint density at radius 3 is 2.83 bits per heavy atom. The first-order valence-corrected chi connectivity index (χ1v) is 8.95. The maximum absolute atomic E-state index is 9.91. The second-order valence-electron chi connectivity index (χ2n) is 5.96. The summed E-state index contributed by atoms with van der Waals surface area (Å²) >= 11 is 1.68. The standard InChI is InChI=1S/C19H19N3OS/c23-13-18-16-6-2-1-5-14(16)8-10-22(18)12-15-11-21-19(24-15)17-7-3-4-9-20-17/h1-7,9,11,18,23H,8,10,12-13H2. The van der Waals surface area contributed by atoms with E-state index in [1.165, 1.54) is 16.0 Å². The quantitative estimate of drug-likeness (QED) is 0.794. The molecule has 2 aromatic heterocycles. The number of hydrogen-bond acceptors (Lipinski definition) is 5. The Morgan fingerprint density at radius 2 is 2.00 bits per heavy atom. The van der Waals surface area contributed by atoms with Gasteiger partial charge in [-0.05, 0) is 29.7 Å². The van der Waals surface area contributed by atoms with Crippen LogP contribution in [0.4, 0.5) is 0 Å². The van der Waals surface area contributed by atoms with E-state index < -0.39 is 0 Å². The van der Waals surface area contributed by atoms with Crippen molar-refractivity contribution in [2.75, 3.05) is 13.2 Å². The zero-order chi connectivity index (χ0) is 16.4. The molecule has 122 valence electrons. The van der Waals surface area contributed by atoms with Gasteiger partial charge in [0.2, 0.25) is 0 Å². The van der Waals surface area contributed by atoms with Crippen molar-refractivity contribution in [2.45, 2.75) is 19.0 Å². The molecule has 1 atom stereocenters. The predicted octanol–water partition coefficient (Wildman–Crippen LogP) is 3.30. The molecule has 0 aliphatic carbocycles. The van der Waals surface area contributed by atoms with Gasteiger partial charge in [0.05, 0.1) is 18.3 Å². The number of fused-ring (bicyclic) bond motifs is 1. The summed E-state index contributed by atoms with van der Waals surface area (Å²) in [6.07, 6.45) is 4.75. The lowest BCUT2D eigenvalue weighted by atomic mass is 9.93. The van der Waals surface area contributed by atoms with Crippen molar-refractivity contribution >= 4 is 11.3 Å². The Bertz CT molecular complexity index is 818. The number of thiazole rings is 1. The summed E-state index contributed by atoms with van der Waals surface area (Å²) in [6.45, 7) is 1.91. The molecule has 24 heavy (non-hydrogen) atoms. The van der Waals surface area contributed by atoms with Gasteiger partial charge < -0.3 is 5.11 Å². The smallest absolute Gasteiger partial charge is 0.142 e. The van der Waals surface area contributed by atoms with Gasteiger partial charge in [0.15, 0.2) is 0 Å². The summed E-state index contributed by atoms with van der Waals surface area (Å²) in [4.78, 5) is 12.4. The van der Waals surface area contributed by atoms with Gasteiger partial charge in [-0.1, -0.05) is 30.3 Å². The zero-order valence-corrected chi connectivity index (χ0v) is 14.1. The molecule has 1 aliphatic rings. The van der Waals surface area contributed by atoms with Crippen LogP contribution in [0.15, 0.2) is 54.9 Å². The van der Waals surface area contributed by atoms with Gasteiger partial charge in [-0.3, -0.25) is 9.88 Å². The Kier molecular flexibility index (Phi) is 4.38. The minimum Gasteiger partial charge on any atom is -0.394 e. The molecule has 3 heterocycles. The molecular weight excluding hydrogens is 318 g/mol. The molecule has 0 saturated heterocycles. The number of aliphatic hydroxyl groups is 1. The number of pyridine rings is 1. The van der Waals surface area contributed by atoms with Crippen molar-refractivity contribution in [3.63, 3.8) is 0 Å². The highest BCUT2D eigenvalue weighted by Gasteiger charge is 2.26. The van der Waals surface area contributed by atoms with E-state index in [1.807, 2.05) is 24.4 Å². The highest BCUT2D eigenvalue weighted by atomic mass is 32.1. The molecule has 0 saturated carbocycles. The van der Waals surface area contributed by atoms with E-state index in [0.29, 0.717) is 0 Å². The van der Waals surface area contributed by atoms with Gasteiger partial charge in [0.1, 0.15) is 5.01 Å². The van der Waals surface area contributed by atoms with Crippen molar-refractivity contribution in [1.29, 1.82) is 0 Å². The Balaban J connectivity index is 1.55. The van der Waals surface area contributed by atoms with Crippen molar-refractivity contribution < 1.29 is 5.11 Å². The van der Waals surface area contributed by atoms with Crippen LogP contribution < -0.4 is 0 Å². The molecule has 5 heteroatoms. The lowest BCUT2D eigenvalue weighted by Crippen LogP contribution is -2.36. The van der Waals surface area contributed by atoms with Crippen LogP contribution in [0.5, 0.6) is 0 Å². The summed E-state index contributed by atoms with van der Waals surface area (Å²) in [7, 11) is 0. The van der Waals surface area contributed by atoms with Crippen LogP contribution in [-0.4, -0.2) is 33.1 Å². The summed E-state index contributed by atoms with van der Waals surface area (Å²) in [5.41, 5.74) is 3.52. The summed E-state index contributed by atoms with van der Waals surface area (Å²) < 4.78 is 0. The van der Waals surface area contributed by atoms with E-state index in [1.54, 1.807) is 17.5 Å². The molecule has 1 aromatic carbocycles. The molecule has 4 nitrogen and oxygen atoms in total. The topological polar surface area (TPSA) is 49.2 Å². The zero-order valence-electron chi connectivity index (χ0n) is 13.3. The Morgan fingerprint density at radius 1 is 1.12 bits per heavy atom. The molecular formula is C19H19N3OS. The first-order valence-electron chi connectivity index (χ1n) is 8.14. The second kappa shape index (κ2) is 6.81. The Hall–Kier alpha value is -2.08. The van der Waals surface area contributed by atoms with Gasteiger partial charge >= 0.3 is 0 Å². The fraction of sp³-hybridized carbons (Fsp3) is 0.263. The number of rotatable bonds is 4. The lowest BCUT2D eigenvalue weighted by Gasteiger charge is -2.36. The van der Waals surface area contributed by atoms with Gasteiger partial charge in [0, 0.05) is 30.4 Å². The fourth-order valence-electron chi connectivity index (χ4n) is 3.30. The molecule has 4 rings (SSSR count). The second-order valence-corrected chi connectivity index (χ2v) is 7.08. The van der Waals surface area contributed by atoms with E-state index in [2.05, 4.69) is 39.1 Å². The van der Waals surface area contributed by atoms with Gasteiger partial charge in [-0.15, -0.1) is 11.3 Å². The van der Waals surface area contributed by atoms with E-state index in [-0.39, 0.29) is 12.6 Å². The number of nitrogens with zero attached hydrogens (tertiary/aromatic N) is 3. The average molecular weight is 337 g/mol. The SMILES string of the molecule is OCC1c2ccccc2CCN1Cc1cnc(-c2ccccn2)s1. The fourth-order valence-corrected chi connectivity index (χ4v) is 4.21. The third-order valence-corrected chi connectivity index (χ3v) is 5.50. The van der Waals surface area contributed by atoms with Crippen LogP contribution in [0.25, 0.3) is 10.7 Å². The van der Waals surface area contributed by atoms with Crippen LogP contribution >= 0.6 is 11.3 Å². The monoisotopic (exact) mass is 337 g/mol. The maximum atomic E-state index is 9.91. The lowest BCUT2D eigenvalue weighted by molar-refractivity contribution is 0.109. The largest absolute Gasteiger partial charge is 0.394 e. The number of benzene rings is 1. The average Bonchev–Trinajstić information content (AvgIpc) is 3.11.